The van der Waals surface area contributed by atoms with Gasteiger partial charge in [-0.25, -0.2) is 0 Å². The Morgan fingerprint density at radius 3 is 1.43 bits per heavy atom. The predicted octanol–water partition coefficient (Wildman–Crippen LogP) is 16.0. The minimum absolute atomic E-state index is 1.14. The molecule has 0 N–H and O–H groups in total. The molecule has 63 heavy (non-hydrogen) atoms. The molecule has 0 atom stereocenters. The summed E-state index contributed by atoms with van der Waals surface area (Å²) in [7, 11) is 0. The van der Waals surface area contributed by atoms with Gasteiger partial charge in [0.05, 0.1) is 44.5 Å². The molecule has 0 unspecified atom stereocenters. The monoisotopic (exact) mass is 801 g/mol. The molecular weight excluding hydrogens is 763 g/mol. The number of hydrogen-bond acceptors (Lipinski definition) is 0. The Balaban J connectivity index is 1.12. The number of benzene rings is 10. The van der Waals surface area contributed by atoms with E-state index in [1.807, 2.05) is 0 Å². The lowest BCUT2D eigenvalue weighted by molar-refractivity contribution is 1.17. The van der Waals surface area contributed by atoms with Crippen molar-refractivity contribution < 1.29 is 0 Å². The molecule has 0 aliphatic heterocycles. The molecule has 3 heterocycles. The second-order valence-electron chi connectivity index (χ2n) is 16.4. The van der Waals surface area contributed by atoms with E-state index in [0.29, 0.717) is 0 Å². The maximum atomic E-state index is 2.53. The van der Waals surface area contributed by atoms with Crippen LogP contribution in [0.2, 0.25) is 0 Å². The lowest BCUT2D eigenvalue weighted by atomic mass is 9.95. The highest BCUT2D eigenvalue weighted by Crippen LogP contribution is 2.46. The molecule has 294 valence electrons. The third kappa shape index (κ3) is 5.33. The van der Waals surface area contributed by atoms with Crippen molar-refractivity contribution in [2.24, 2.45) is 0 Å². The first-order valence-corrected chi connectivity index (χ1v) is 21.7. The van der Waals surface area contributed by atoms with Crippen molar-refractivity contribution in [1.82, 2.24) is 13.7 Å². The highest BCUT2D eigenvalue weighted by molar-refractivity contribution is 6.26. The molecule has 10 aromatic carbocycles. The summed E-state index contributed by atoms with van der Waals surface area (Å²) < 4.78 is 7.47. The average molecular weight is 802 g/mol. The largest absolute Gasteiger partial charge is 0.309 e. The smallest absolute Gasteiger partial charge is 0.0641 e. The first kappa shape index (κ1) is 35.4. The molecule has 0 aliphatic carbocycles. The van der Waals surface area contributed by atoms with Crippen LogP contribution in [0.4, 0.5) is 0 Å². The fourth-order valence-electron chi connectivity index (χ4n) is 10.4. The molecule has 0 radical (unpaired) electrons. The third-order valence-corrected chi connectivity index (χ3v) is 13.0. The summed E-state index contributed by atoms with van der Waals surface area (Å²) in [4.78, 5) is 0. The van der Waals surface area contributed by atoms with Crippen molar-refractivity contribution in [1.29, 1.82) is 0 Å². The van der Waals surface area contributed by atoms with E-state index in [-0.39, 0.29) is 0 Å². The summed E-state index contributed by atoms with van der Waals surface area (Å²) in [5, 5.41) is 7.42. The van der Waals surface area contributed by atoms with Crippen molar-refractivity contribution in [2.75, 3.05) is 0 Å². The minimum atomic E-state index is 1.14. The van der Waals surface area contributed by atoms with Crippen LogP contribution in [-0.4, -0.2) is 13.7 Å². The molecule has 0 saturated carbocycles. The van der Waals surface area contributed by atoms with Gasteiger partial charge in [0.1, 0.15) is 0 Å². The van der Waals surface area contributed by atoms with Crippen molar-refractivity contribution in [3.63, 3.8) is 0 Å². The maximum absolute atomic E-state index is 2.53. The normalized spacial score (nSPS) is 11.8. The van der Waals surface area contributed by atoms with Gasteiger partial charge in [-0.1, -0.05) is 188 Å². The second kappa shape index (κ2) is 14.1. The molecule has 3 nitrogen and oxygen atoms in total. The van der Waals surface area contributed by atoms with E-state index < -0.39 is 0 Å². The fraction of sp³-hybridized carbons (Fsp3) is 0. The van der Waals surface area contributed by atoms with Crippen LogP contribution in [0, 0.1) is 0 Å². The quantitative estimate of drug-likeness (QED) is 0.159. The summed E-state index contributed by atoms with van der Waals surface area (Å²) >= 11 is 0. The topological polar surface area (TPSA) is 14.8 Å². The summed E-state index contributed by atoms with van der Waals surface area (Å²) in [6, 6.07) is 86.4. The molecule has 13 aromatic rings. The maximum Gasteiger partial charge on any atom is 0.0641 e. The number of nitrogens with zero attached hydrogens (tertiary/aromatic N) is 3. The Morgan fingerprint density at radius 1 is 0.254 bits per heavy atom. The van der Waals surface area contributed by atoms with Crippen LogP contribution >= 0.6 is 0 Å². The van der Waals surface area contributed by atoms with E-state index in [1.54, 1.807) is 0 Å². The second-order valence-corrected chi connectivity index (χ2v) is 16.4. The number of para-hydroxylation sites is 6. The van der Waals surface area contributed by atoms with Crippen LogP contribution in [0.25, 0.3) is 116 Å². The number of aromatic nitrogens is 3. The van der Waals surface area contributed by atoms with Crippen molar-refractivity contribution >= 4 is 65.4 Å². The molecule has 3 aromatic heterocycles. The van der Waals surface area contributed by atoms with Gasteiger partial charge < -0.3 is 13.7 Å². The highest BCUT2D eigenvalue weighted by atomic mass is 15.0. The summed E-state index contributed by atoms with van der Waals surface area (Å²) in [5.74, 6) is 0. The minimum Gasteiger partial charge on any atom is -0.309 e. The van der Waals surface area contributed by atoms with Gasteiger partial charge in [0.25, 0.3) is 0 Å². The van der Waals surface area contributed by atoms with Gasteiger partial charge in [0.2, 0.25) is 0 Å². The first-order chi connectivity index (χ1) is 31.3. The SMILES string of the molecule is c1ccc(-c2cccc(-c3ccccc3)c2-n2c3ccccc3c3ccc(-c4ccccc4-n4c5ccccc5c5ccc6c(c7ccccc7n6-c6ccccc6)c54)cc32)cc1. The van der Waals surface area contributed by atoms with E-state index in [9.17, 15) is 0 Å². The van der Waals surface area contributed by atoms with Crippen molar-refractivity contribution in [2.45, 2.75) is 0 Å². The molecule has 0 amide bonds. The zero-order valence-electron chi connectivity index (χ0n) is 34.4. The number of rotatable bonds is 6. The summed E-state index contributed by atoms with van der Waals surface area (Å²) in [6.45, 7) is 0. The lowest BCUT2D eigenvalue weighted by Crippen LogP contribution is -2.01. The molecule has 3 heteroatoms. The van der Waals surface area contributed by atoms with Crippen LogP contribution in [0.1, 0.15) is 0 Å². The van der Waals surface area contributed by atoms with Crippen molar-refractivity contribution in [3.8, 4) is 50.4 Å². The summed E-state index contributed by atoms with van der Waals surface area (Å²) in [6.07, 6.45) is 0. The van der Waals surface area contributed by atoms with Crippen LogP contribution in [0.3, 0.4) is 0 Å². The van der Waals surface area contributed by atoms with Gasteiger partial charge in [-0.3, -0.25) is 0 Å². The fourth-order valence-corrected chi connectivity index (χ4v) is 10.4. The zero-order valence-corrected chi connectivity index (χ0v) is 34.4. The Labute approximate surface area is 364 Å². The van der Waals surface area contributed by atoms with Gasteiger partial charge in [-0.05, 0) is 65.2 Å². The predicted molar refractivity (Wildman–Crippen MR) is 266 cm³/mol. The van der Waals surface area contributed by atoms with Gasteiger partial charge in [0.15, 0.2) is 0 Å². The van der Waals surface area contributed by atoms with Crippen molar-refractivity contribution in [3.05, 3.63) is 237 Å². The van der Waals surface area contributed by atoms with Crippen LogP contribution in [-0.2, 0) is 0 Å². The molecule has 0 saturated heterocycles. The Morgan fingerprint density at radius 2 is 0.746 bits per heavy atom. The molecule has 0 fully saturated rings. The molecule has 0 aliphatic rings. The van der Waals surface area contributed by atoms with E-state index in [4.69, 9.17) is 0 Å². The Bertz CT molecular complexity index is 3830. The number of fused-ring (bicyclic) bond motifs is 10. The van der Waals surface area contributed by atoms with E-state index in [2.05, 4.69) is 250 Å². The third-order valence-electron chi connectivity index (χ3n) is 13.0. The first-order valence-electron chi connectivity index (χ1n) is 21.7. The molecule has 13 rings (SSSR count). The lowest BCUT2D eigenvalue weighted by Gasteiger charge is -2.19. The highest BCUT2D eigenvalue weighted by Gasteiger charge is 2.24. The van der Waals surface area contributed by atoms with Gasteiger partial charge in [-0.2, -0.15) is 0 Å². The van der Waals surface area contributed by atoms with Gasteiger partial charge in [0, 0.05) is 54.7 Å². The zero-order chi connectivity index (χ0) is 41.4. The van der Waals surface area contributed by atoms with Gasteiger partial charge in [-0.15, -0.1) is 0 Å². The van der Waals surface area contributed by atoms with Crippen LogP contribution in [0.15, 0.2) is 237 Å². The van der Waals surface area contributed by atoms with Crippen LogP contribution in [0.5, 0.6) is 0 Å². The van der Waals surface area contributed by atoms with E-state index in [1.165, 1.54) is 98.9 Å². The standard InChI is InChI=1S/C60H39N3/c1-4-19-40(20-5-1)45-29-18-30-46(41-21-6-2-7-22-41)59(45)63-53-32-15-11-26-47(53)49-36-35-42(39-57(49)63)44-25-10-14-31-52(44)62-54-33-16-12-27-48(54)50-37-38-56-58(60(50)62)51-28-13-17-34-55(51)61(56)43-23-8-3-9-24-43/h1-39H. The Kier molecular flexibility index (Phi) is 7.91. The molecular formula is C60H39N3. The average Bonchev–Trinajstić information content (AvgIpc) is 4.00. The van der Waals surface area contributed by atoms with Gasteiger partial charge >= 0.3 is 0 Å². The summed E-state index contributed by atoms with van der Waals surface area (Å²) in [5.41, 5.74) is 17.7. The Hall–Kier alpha value is -8.40. The van der Waals surface area contributed by atoms with E-state index >= 15 is 0 Å². The number of hydrogen-bond donors (Lipinski definition) is 0. The van der Waals surface area contributed by atoms with Crippen LogP contribution < -0.4 is 0 Å². The molecule has 0 spiro atoms. The van der Waals surface area contributed by atoms with E-state index in [0.717, 1.165) is 16.9 Å². The molecule has 0 bridgehead atoms.